The van der Waals surface area contributed by atoms with E-state index in [9.17, 15) is 0 Å². The van der Waals surface area contributed by atoms with Crippen molar-refractivity contribution in [2.75, 3.05) is 17.7 Å². The topological polar surface area (TPSA) is 47.3 Å². The smallest absolute Gasteiger partial charge is 0.0896 e. The summed E-state index contributed by atoms with van der Waals surface area (Å²) >= 11 is 0. The maximum Gasteiger partial charge on any atom is 0.0896 e. The second-order valence-corrected chi connectivity index (χ2v) is 5.98. The molecule has 0 spiro atoms. The Hall–Kier alpha value is -2.00. The average molecular weight is 280 g/mol. The zero-order valence-electron chi connectivity index (χ0n) is 12.0. The van der Waals surface area contributed by atoms with Gasteiger partial charge in [-0.15, -0.1) is 0 Å². The lowest BCUT2D eigenvalue weighted by Gasteiger charge is -2.43. The highest BCUT2D eigenvalue weighted by atomic mass is 16.5. The lowest BCUT2D eigenvalue weighted by molar-refractivity contribution is -0.0381. The van der Waals surface area contributed by atoms with Crippen LogP contribution in [0, 0.1) is 5.92 Å². The van der Waals surface area contributed by atoms with Crippen LogP contribution in [0.2, 0.25) is 0 Å². The van der Waals surface area contributed by atoms with E-state index in [1.165, 1.54) is 17.5 Å². The molecule has 0 aromatic heterocycles. The fourth-order valence-corrected chi connectivity index (χ4v) is 3.68. The quantitative estimate of drug-likeness (QED) is 0.779. The molecule has 3 heteroatoms. The molecule has 3 atom stereocenters. The molecule has 2 aliphatic rings. The van der Waals surface area contributed by atoms with E-state index in [0.29, 0.717) is 12.0 Å². The van der Waals surface area contributed by atoms with Crippen molar-refractivity contribution in [3.8, 4) is 0 Å². The van der Waals surface area contributed by atoms with Crippen molar-refractivity contribution in [3.05, 3.63) is 59.7 Å². The van der Waals surface area contributed by atoms with E-state index in [1.807, 2.05) is 6.07 Å². The zero-order valence-corrected chi connectivity index (χ0v) is 12.0. The number of benzene rings is 2. The molecule has 3 nitrogen and oxygen atoms in total. The van der Waals surface area contributed by atoms with Crippen molar-refractivity contribution in [1.29, 1.82) is 0 Å². The fourth-order valence-electron chi connectivity index (χ4n) is 3.68. The van der Waals surface area contributed by atoms with Crippen molar-refractivity contribution in [1.82, 2.24) is 0 Å². The molecule has 2 aliphatic heterocycles. The Morgan fingerprint density at radius 2 is 1.95 bits per heavy atom. The van der Waals surface area contributed by atoms with Crippen LogP contribution in [0.5, 0.6) is 0 Å². The van der Waals surface area contributed by atoms with E-state index in [-0.39, 0.29) is 6.10 Å². The van der Waals surface area contributed by atoms with Crippen molar-refractivity contribution in [2.45, 2.75) is 25.0 Å². The third kappa shape index (κ3) is 2.18. The largest absolute Gasteiger partial charge is 0.399 e. The summed E-state index contributed by atoms with van der Waals surface area (Å²) in [5.41, 5.74) is 10.5. The summed E-state index contributed by atoms with van der Waals surface area (Å²) in [5.74, 6) is 0.468. The predicted molar refractivity (Wildman–Crippen MR) is 85.1 cm³/mol. The van der Waals surface area contributed by atoms with E-state index in [0.717, 1.165) is 24.4 Å². The van der Waals surface area contributed by atoms with Crippen LogP contribution in [-0.4, -0.2) is 6.61 Å². The first-order valence-electron chi connectivity index (χ1n) is 7.65. The predicted octanol–water partition coefficient (Wildman–Crippen LogP) is 3.90. The summed E-state index contributed by atoms with van der Waals surface area (Å²) in [4.78, 5) is 0. The second-order valence-electron chi connectivity index (χ2n) is 5.98. The third-order valence-electron chi connectivity index (χ3n) is 4.65. The van der Waals surface area contributed by atoms with E-state index in [4.69, 9.17) is 10.5 Å². The summed E-state index contributed by atoms with van der Waals surface area (Å²) < 4.78 is 6.12. The molecule has 1 fully saturated rings. The first-order valence-corrected chi connectivity index (χ1v) is 7.65. The van der Waals surface area contributed by atoms with Gasteiger partial charge < -0.3 is 15.8 Å². The number of hydrogen-bond acceptors (Lipinski definition) is 3. The lowest BCUT2D eigenvalue weighted by atomic mass is 9.77. The second kappa shape index (κ2) is 5.08. The van der Waals surface area contributed by atoms with Crippen LogP contribution in [-0.2, 0) is 4.74 Å². The highest BCUT2D eigenvalue weighted by Crippen LogP contribution is 2.49. The van der Waals surface area contributed by atoms with E-state index in [1.54, 1.807) is 0 Å². The average Bonchev–Trinajstić information content (AvgIpc) is 2.55. The summed E-state index contributed by atoms with van der Waals surface area (Å²) in [7, 11) is 0. The SMILES string of the molecule is Nc1ccc2c(c1)[C@H]1OCCC[C@H]1[C@H](c1ccccc1)N2. The molecule has 0 unspecified atom stereocenters. The molecule has 2 aromatic rings. The number of hydrogen-bond donors (Lipinski definition) is 2. The van der Waals surface area contributed by atoms with Gasteiger partial charge in [0.2, 0.25) is 0 Å². The minimum Gasteiger partial charge on any atom is -0.399 e. The molecule has 0 bridgehead atoms. The molecule has 2 aromatic carbocycles. The molecule has 21 heavy (non-hydrogen) atoms. The Balaban J connectivity index is 1.79. The lowest BCUT2D eigenvalue weighted by Crippen LogP contribution is -2.36. The van der Waals surface area contributed by atoms with Crippen molar-refractivity contribution < 1.29 is 4.74 Å². The monoisotopic (exact) mass is 280 g/mol. The Kier molecular flexibility index (Phi) is 3.08. The number of nitrogens with one attached hydrogen (secondary N) is 1. The number of nitrogens with two attached hydrogens (primary N) is 1. The van der Waals surface area contributed by atoms with Crippen LogP contribution in [0.25, 0.3) is 0 Å². The van der Waals surface area contributed by atoms with Crippen LogP contribution >= 0.6 is 0 Å². The molecule has 108 valence electrons. The minimum atomic E-state index is 0.156. The normalized spacial score (nSPS) is 27.3. The van der Waals surface area contributed by atoms with E-state index in [2.05, 4.69) is 47.8 Å². The van der Waals surface area contributed by atoms with Gasteiger partial charge in [0.25, 0.3) is 0 Å². The molecular weight excluding hydrogens is 260 g/mol. The number of nitrogen functional groups attached to an aromatic ring is 1. The van der Waals surface area contributed by atoms with Gasteiger partial charge in [0.15, 0.2) is 0 Å². The molecule has 2 heterocycles. The van der Waals surface area contributed by atoms with Gasteiger partial charge in [0.05, 0.1) is 12.1 Å². The van der Waals surface area contributed by atoms with Gasteiger partial charge in [-0.25, -0.2) is 0 Å². The van der Waals surface area contributed by atoms with Gasteiger partial charge in [-0.05, 0) is 36.6 Å². The molecule has 3 N–H and O–H groups in total. The molecule has 1 saturated heterocycles. The maximum absolute atomic E-state index is 6.12. The number of anilines is 2. The van der Waals surface area contributed by atoms with Gasteiger partial charge in [0.1, 0.15) is 0 Å². The van der Waals surface area contributed by atoms with Crippen molar-refractivity contribution in [2.24, 2.45) is 5.92 Å². The maximum atomic E-state index is 6.12. The number of ether oxygens (including phenoxy) is 1. The Labute approximate surface area is 125 Å². The van der Waals surface area contributed by atoms with Crippen LogP contribution in [0.4, 0.5) is 11.4 Å². The standard InChI is InChI=1S/C18H20N2O/c19-13-8-9-16-15(11-13)18-14(7-4-10-21-18)17(20-16)12-5-2-1-3-6-12/h1-3,5-6,8-9,11,14,17-18,20H,4,7,10,19H2/t14-,17-,18-/m0/s1. The van der Waals surface area contributed by atoms with Crippen molar-refractivity contribution >= 4 is 11.4 Å². The van der Waals surface area contributed by atoms with Gasteiger partial charge in [-0.2, -0.15) is 0 Å². The molecule has 0 radical (unpaired) electrons. The Bertz CT molecular complexity index is 641. The molecule has 0 saturated carbocycles. The summed E-state index contributed by atoms with van der Waals surface area (Å²) in [6, 6.07) is 17.1. The minimum absolute atomic E-state index is 0.156. The highest BCUT2D eigenvalue weighted by Gasteiger charge is 2.39. The Morgan fingerprint density at radius 3 is 2.81 bits per heavy atom. The first-order chi connectivity index (χ1) is 10.3. The van der Waals surface area contributed by atoms with Gasteiger partial charge in [-0.3, -0.25) is 0 Å². The van der Waals surface area contributed by atoms with E-state index >= 15 is 0 Å². The number of rotatable bonds is 1. The van der Waals surface area contributed by atoms with Gasteiger partial charge >= 0.3 is 0 Å². The number of fused-ring (bicyclic) bond motifs is 3. The van der Waals surface area contributed by atoms with Gasteiger partial charge in [0, 0.05) is 29.5 Å². The van der Waals surface area contributed by atoms with Crippen LogP contribution in [0.15, 0.2) is 48.5 Å². The first kappa shape index (κ1) is 12.7. The van der Waals surface area contributed by atoms with Crippen LogP contribution < -0.4 is 11.1 Å². The summed E-state index contributed by atoms with van der Waals surface area (Å²) in [6.45, 7) is 0.844. The van der Waals surface area contributed by atoms with Crippen molar-refractivity contribution in [3.63, 3.8) is 0 Å². The molecular formula is C18H20N2O. The third-order valence-corrected chi connectivity index (χ3v) is 4.65. The zero-order chi connectivity index (χ0) is 14.2. The molecule has 4 rings (SSSR count). The fraction of sp³-hybridized carbons (Fsp3) is 0.333. The van der Waals surface area contributed by atoms with Crippen LogP contribution in [0.3, 0.4) is 0 Å². The van der Waals surface area contributed by atoms with Gasteiger partial charge in [-0.1, -0.05) is 30.3 Å². The highest BCUT2D eigenvalue weighted by molar-refractivity contribution is 5.62. The van der Waals surface area contributed by atoms with Crippen LogP contribution in [0.1, 0.15) is 36.1 Å². The molecule has 0 amide bonds. The Morgan fingerprint density at radius 1 is 1.10 bits per heavy atom. The summed E-state index contributed by atoms with van der Waals surface area (Å²) in [5, 5.41) is 3.70. The molecule has 0 aliphatic carbocycles. The van der Waals surface area contributed by atoms with E-state index < -0.39 is 0 Å². The summed E-state index contributed by atoms with van der Waals surface area (Å²) in [6.07, 6.45) is 2.47.